The van der Waals surface area contributed by atoms with Crippen molar-refractivity contribution < 1.29 is 9.47 Å². The average molecular weight is 250 g/mol. The molecule has 1 unspecified atom stereocenters. The fourth-order valence-corrected chi connectivity index (χ4v) is 2.21. The Morgan fingerprint density at radius 3 is 2.83 bits per heavy atom. The number of benzene rings is 1. The van der Waals surface area contributed by atoms with Gasteiger partial charge in [-0.1, -0.05) is 13.0 Å². The summed E-state index contributed by atoms with van der Waals surface area (Å²) in [6.45, 7) is 6.19. The molecular formula is C14H22N2O2. The smallest absolute Gasteiger partial charge is 0.231 e. The Hall–Kier alpha value is -1.26. The van der Waals surface area contributed by atoms with Crippen molar-refractivity contribution in [2.75, 3.05) is 19.9 Å². The second-order valence-electron chi connectivity index (χ2n) is 4.98. The molecule has 3 N–H and O–H groups in total. The summed E-state index contributed by atoms with van der Waals surface area (Å²) in [6, 6.07) is 6.13. The monoisotopic (exact) mass is 250 g/mol. The van der Waals surface area contributed by atoms with E-state index < -0.39 is 0 Å². The summed E-state index contributed by atoms with van der Waals surface area (Å²) in [7, 11) is 0. The molecule has 4 heteroatoms. The summed E-state index contributed by atoms with van der Waals surface area (Å²) in [6.07, 6.45) is 1.99. The Morgan fingerprint density at radius 2 is 2.11 bits per heavy atom. The number of ether oxygens (including phenoxy) is 2. The Morgan fingerprint density at radius 1 is 1.33 bits per heavy atom. The van der Waals surface area contributed by atoms with Gasteiger partial charge in [-0.3, -0.25) is 0 Å². The lowest BCUT2D eigenvalue weighted by Crippen LogP contribution is -2.48. The predicted octanol–water partition coefficient (Wildman–Crippen LogP) is 1.67. The van der Waals surface area contributed by atoms with E-state index in [4.69, 9.17) is 15.2 Å². The third-order valence-electron chi connectivity index (χ3n) is 3.46. The molecular weight excluding hydrogens is 228 g/mol. The minimum atomic E-state index is 0.00508. The van der Waals surface area contributed by atoms with Crippen LogP contribution in [0, 0.1) is 0 Å². The molecule has 0 aromatic heterocycles. The van der Waals surface area contributed by atoms with E-state index in [2.05, 4.69) is 31.3 Å². The standard InChI is InChI=1S/C14H22N2O2/c1-3-16-14(2,9-15)7-6-11-4-5-12-13(8-11)18-10-17-12/h4-5,8,16H,3,6-7,9-10,15H2,1-2H3. The van der Waals surface area contributed by atoms with Gasteiger partial charge < -0.3 is 20.5 Å². The van der Waals surface area contributed by atoms with Crippen LogP contribution in [-0.2, 0) is 6.42 Å². The fraction of sp³-hybridized carbons (Fsp3) is 0.571. The highest BCUT2D eigenvalue weighted by molar-refractivity contribution is 5.44. The summed E-state index contributed by atoms with van der Waals surface area (Å²) >= 11 is 0. The molecule has 1 atom stereocenters. The van der Waals surface area contributed by atoms with Gasteiger partial charge in [-0.25, -0.2) is 0 Å². The van der Waals surface area contributed by atoms with E-state index in [1.807, 2.05) is 6.07 Å². The molecule has 0 fully saturated rings. The zero-order valence-electron chi connectivity index (χ0n) is 11.2. The molecule has 0 saturated heterocycles. The van der Waals surface area contributed by atoms with Crippen molar-refractivity contribution >= 4 is 0 Å². The number of likely N-dealkylation sites (N-methyl/N-ethyl adjacent to an activating group) is 1. The quantitative estimate of drug-likeness (QED) is 0.806. The molecule has 100 valence electrons. The molecule has 1 aliphatic rings. The molecule has 0 radical (unpaired) electrons. The van der Waals surface area contributed by atoms with Crippen molar-refractivity contribution in [2.45, 2.75) is 32.2 Å². The van der Waals surface area contributed by atoms with Crippen LogP contribution in [0.5, 0.6) is 11.5 Å². The SMILES string of the molecule is CCNC(C)(CN)CCc1ccc2c(c1)OCO2. The topological polar surface area (TPSA) is 56.5 Å². The Kier molecular flexibility index (Phi) is 4.09. The van der Waals surface area contributed by atoms with Gasteiger partial charge in [0.2, 0.25) is 6.79 Å². The van der Waals surface area contributed by atoms with E-state index in [0.717, 1.165) is 30.9 Å². The lowest BCUT2D eigenvalue weighted by molar-refractivity contribution is 0.174. The number of hydrogen-bond donors (Lipinski definition) is 2. The van der Waals surface area contributed by atoms with Crippen molar-refractivity contribution in [1.82, 2.24) is 5.32 Å². The number of fused-ring (bicyclic) bond motifs is 1. The maximum atomic E-state index is 5.84. The van der Waals surface area contributed by atoms with Crippen molar-refractivity contribution in [3.05, 3.63) is 23.8 Å². The maximum absolute atomic E-state index is 5.84. The normalized spacial score (nSPS) is 16.6. The third-order valence-corrected chi connectivity index (χ3v) is 3.46. The highest BCUT2D eigenvalue weighted by atomic mass is 16.7. The summed E-state index contributed by atoms with van der Waals surface area (Å²) in [5.74, 6) is 1.69. The van der Waals surface area contributed by atoms with Crippen LogP contribution in [0.25, 0.3) is 0 Å². The van der Waals surface area contributed by atoms with Gasteiger partial charge in [-0.15, -0.1) is 0 Å². The molecule has 0 bridgehead atoms. The van der Waals surface area contributed by atoms with Crippen molar-refractivity contribution in [1.29, 1.82) is 0 Å². The van der Waals surface area contributed by atoms with E-state index in [0.29, 0.717) is 13.3 Å². The zero-order valence-corrected chi connectivity index (χ0v) is 11.2. The number of nitrogens with one attached hydrogen (secondary N) is 1. The Labute approximate surface area is 108 Å². The molecule has 0 aliphatic carbocycles. The van der Waals surface area contributed by atoms with E-state index in [1.165, 1.54) is 5.56 Å². The number of hydrogen-bond acceptors (Lipinski definition) is 4. The van der Waals surface area contributed by atoms with Crippen molar-refractivity contribution in [3.63, 3.8) is 0 Å². The number of rotatable bonds is 6. The molecule has 1 heterocycles. The van der Waals surface area contributed by atoms with Gasteiger partial charge in [0.25, 0.3) is 0 Å². The Bertz CT molecular complexity index is 409. The van der Waals surface area contributed by atoms with Gasteiger partial charge >= 0.3 is 0 Å². The lowest BCUT2D eigenvalue weighted by atomic mass is 9.93. The van der Waals surface area contributed by atoms with Crippen LogP contribution in [0.1, 0.15) is 25.8 Å². The predicted molar refractivity (Wildman–Crippen MR) is 72.0 cm³/mol. The van der Waals surface area contributed by atoms with Crippen LogP contribution >= 0.6 is 0 Å². The lowest BCUT2D eigenvalue weighted by Gasteiger charge is -2.29. The van der Waals surface area contributed by atoms with Crippen LogP contribution in [-0.4, -0.2) is 25.4 Å². The fourth-order valence-electron chi connectivity index (χ4n) is 2.21. The second-order valence-corrected chi connectivity index (χ2v) is 4.98. The van der Waals surface area contributed by atoms with Gasteiger partial charge in [-0.2, -0.15) is 0 Å². The first kappa shape index (κ1) is 13.2. The van der Waals surface area contributed by atoms with Crippen molar-refractivity contribution in [3.8, 4) is 11.5 Å². The van der Waals surface area contributed by atoms with Gasteiger partial charge in [0.05, 0.1) is 0 Å². The number of nitrogens with two attached hydrogens (primary N) is 1. The van der Waals surface area contributed by atoms with E-state index in [9.17, 15) is 0 Å². The van der Waals surface area contributed by atoms with Crippen LogP contribution in [0.2, 0.25) is 0 Å². The maximum Gasteiger partial charge on any atom is 0.231 e. The molecule has 2 rings (SSSR count). The molecule has 0 amide bonds. The molecule has 0 saturated carbocycles. The Balaban J connectivity index is 1.97. The molecule has 1 aromatic carbocycles. The highest BCUT2D eigenvalue weighted by Crippen LogP contribution is 2.33. The average Bonchev–Trinajstić information content (AvgIpc) is 2.84. The first-order valence-corrected chi connectivity index (χ1v) is 6.50. The van der Waals surface area contributed by atoms with Crippen LogP contribution in [0.15, 0.2) is 18.2 Å². The molecule has 0 spiro atoms. The summed E-state index contributed by atoms with van der Waals surface area (Å²) in [5, 5.41) is 3.45. The largest absolute Gasteiger partial charge is 0.454 e. The first-order chi connectivity index (χ1) is 8.67. The van der Waals surface area contributed by atoms with Crippen LogP contribution in [0.4, 0.5) is 0 Å². The molecule has 1 aromatic rings. The first-order valence-electron chi connectivity index (χ1n) is 6.50. The van der Waals surface area contributed by atoms with Crippen LogP contribution in [0.3, 0.4) is 0 Å². The minimum absolute atomic E-state index is 0.00508. The van der Waals surface area contributed by atoms with E-state index >= 15 is 0 Å². The summed E-state index contributed by atoms with van der Waals surface area (Å²) in [5.41, 5.74) is 7.11. The second kappa shape index (κ2) is 5.59. The third kappa shape index (κ3) is 2.94. The summed E-state index contributed by atoms with van der Waals surface area (Å²) in [4.78, 5) is 0. The summed E-state index contributed by atoms with van der Waals surface area (Å²) < 4.78 is 10.7. The van der Waals surface area contributed by atoms with E-state index in [1.54, 1.807) is 0 Å². The molecule has 18 heavy (non-hydrogen) atoms. The van der Waals surface area contributed by atoms with Gasteiger partial charge in [0.15, 0.2) is 11.5 Å². The highest BCUT2D eigenvalue weighted by Gasteiger charge is 2.21. The van der Waals surface area contributed by atoms with Gasteiger partial charge in [0.1, 0.15) is 0 Å². The van der Waals surface area contributed by atoms with Crippen LogP contribution < -0.4 is 20.5 Å². The molecule has 1 aliphatic heterocycles. The van der Waals surface area contributed by atoms with Gasteiger partial charge in [-0.05, 0) is 44.0 Å². The molecule has 4 nitrogen and oxygen atoms in total. The number of aryl methyl sites for hydroxylation is 1. The van der Waals surface area contributed by atoms with E-state index in [-0.39, 0.29) is 5.54 Å². The van der Waals surface area contributed by atoms with Crippen molar-refractivity contribution in [2.24, 2.45) is 5.73 Å². The zero-order chi connectivity index (χ0) is 13.0. The minimum Gasteiger partial charge on any atom is -0.454 e. The van der Waals surface area contributed by atoms with Gasteiger partial charge in [0, 0.05) is 12.1 Å².